The van der Waals surface area contributed by atoms with E-state index in [0.717, 1.165) is 54.1 Å². The maximum absolute atomic E-state index is 13.8. The van der Waals surface area contributed by atoms with Crippen molar-refractivity contribution in [3.05, 3.63) is 59.5 Å². The molecule has 47 heavy (non-hydrogen) atoms. The molecule has 3 aliphatic carbocycles. The zero-order valence-electron chi connectivity index (χ0n) is 28.2. The average molecular weight is 682 g/mol. The lowest BCUT2D eigenvalue weighted by Gasteiger charge is -2.52. The van der Waals surface area contributed by atoms with Gasteiger partial charge < -0.3 is 15.4 Å². The van der Waals surface area contributed by atoms with E-state index in [2.05, 4.69) is 20.3 Å². The van der Waals surface area contributed by atoms with E-state index in [9.17, 15) is 18.0 Å². The Morgan fingerprint density at radius 3 is 2.32 bits per heavy atom. The lowest BCUT2D eigenvalue weighted by atomic mass is 9.57. The second kappa shape index (κ2) is 13.6. The number of alkyl carbamates (subject to hydrolysis) is 1. The molecule has 0 aliphatic heterocycles. The summed E-state index contributed by atoms with van der Waals surface area (Å²) in [6, 6.07) is 10.8. The summed E-state index contributed by atoms with van der Waals surface area (Å²) >= 11 is 1.53. The molecule has 6 rings (SSSR count). The van der Waals surface area contributed by atoms with Gasteiger partial charge in [-0.3, -0.25) is 9.78 Å². The minimum Gasteiger partial charge on any atom is -0.447 e. The fourth-order valence-corrected chi connectivity index (χ4v) is 9.63. The van der Waals surface area contributed by atoms with Crippen LogP contribution in [-0.2, 0) is 25.0 Å². The summed E-state index contributed by atoms with van der Waals surface area (Å²) in [5.74, 6) is -0.0805. The number of thiazole rings is 1. The minimum absolute atomic E-state index is 0.0962. The van der Waals surface area contributed by atoms with Crippen molar-refractivity contribution in [1.29, 1.82) is 0 Å². The van der Waals surface area contributed by atoms with Crippen molar-refractivity contribution in [3.63, 3.8) is 0 Å². The first-order valence-electron chi connectivity index (χ1n) is 16.4. The Morgan fingerprint density at radius 1 is 1.00 bits per heavy atom. The van der Waals surface area contributed by atoms with E-state index >= 15 is 0 Å². The van der Waals surface area contributed by atoms with Gasteiger partial charge in [0.1, 0.15) is 0 Å². The third kappa shape index (κ3) is 8.39. The van der Waals surface area contributed by atoms with Crippen LogP contribution in [-0.4, -0.2) is 47.6 Å². The number of pyridine rings is 1. The molecule has 3 fully saturated rings. The molecule has 3 saturated carbocycles. The number of rotatable bonds is 11. The third-order valence-electron chi connectivity index (χ3n) is 9.17. The molecule has 1 atom stereocenters. The summed E-state index contributed by atoms with van der Waals surface area (Å²) in [6.45, 7) is 11.1. The fraction of sp³-hybridized carbons (Fsp3) is 0.543. The van der Waals surface area contributed by atoms with Crippen LogP contribution in [0.4, 0.5) is 10.5 Å². The predicted octanol–water partition coefficient (Wildman–Crippen LogP) is 7.28. The molecular weight excluding hydrogens is 635 g/mol. The number of carbonyl (C=O) groups is 2. The highest BCUT2D eigenvalue weighted by Gasteiger charge is 2.51. The number of amides is 2. The van der Waals surface area contributed by atoms with E-state index in [0.29, 0.717) is 17.7 Å². The van der Waals surface area contributed by atoms with Crippen molar-refractivity contribution >= 4 is 39.0 Å². The maximum atomic E-state index is 13.8. The molecule has 10 nitrogen and oxygen atoms in total. The summed E-state index contributed by atoms with van der Waals surface area (Å²) < 4.78 is 35.7. The maximum Gasteiger partial charge on any atom is 0.407 e. The molecule has 0 unspecified atom stereocenters. The first-order chi connectivity index (χ1) is 22.1. The van der Waals surface area contributed by atoms with Crippen LogP contribution in [0.2, 0.25) is 0 Å². The molecule has 2 amide bonds. The molecule has 3 N–H and O–H groups in total. The molecule has 0 radical (unpaired) electrons. The number of anilines is 1. The van der Waals surface area contributed by atoms with Gasteiger partial charge >= 0.3 is 6.09 Å². The van der Waals surface area contributed by atoms with Crippen molar-refractivity contribution in [2.45, 2.75) is 126 Å². The highest BCUT2D eigenvalue weighted by Crippen LogP contribution is 2.55. The summed E-state index contributed by atoms with van der Waals surface area (Å²) in [4.78, 5) is 35.4. The van der Waals surface area contributed by atoms with E-state index in [1.165, 1.54) is 11.3 Å². The number of fused-ring (bicyclic) bond motifs is 3. The average Bonchev–Trinajstić information content (AvgIpc) is 3.51. The van der Waals surface area contributed by atoms with Crippen molar-refractivity contribution in [2.24, 2.45) is 0 Å². The van der Waals surface area contributed by atoms with Gasteiger partial charge in [-0.1, -0.05) is 19.1 Å². The number of sulfonamides is 1. The number of benzene rings is 1. The van der Waals surface area contributed by atoms with Crippen LogP contribution in [0.25, 0.3) is 10.4 Å². The van der Waals surface area contributed by atoms with Gasteiger partial charge in [0.05, 0.1) is 20.9 Å². The molecule has 12 heteroatoms. The number of hydrogen-bond donors (Lipinski definition) is 3. The van der Waals surface area contributed by atoms with Crippen LogP contribution in [0.1, 0.15) is 110 Å². The number of hydrogen-bond acceptors (Lipinski definition) is 8. The summed E-state index contributed by atoms with van der Waals surface area (Å²) in [5.41, 5.74) is 0.839. The second-order valence-corrected chi connectivity index (χ2v) is 17.2. The Labute approximate surface area is 282 Å². The van der Waals surface area contributed by atoms with Gasteiger partial charge in [0.15, 0.2) is 0 Å². The molecule has 2 bridgehead atoms. The van der Waals surface area contributed by atoms with Crippen LogP contribution in [0.3, 0.4) is 0 Å². The Morgan fingerprint density at radius 2 is 1.70 bits per heavy atom. The normalized spacial score (nSPS) is 21.8. The molecule has 1 aromatic carbocycles. The van der Waals surface area contributed by atoms with Gasteiger partial charge in [0.25, 0.3) is 0 Å². The zero-order valence-corrected chi connectivity index (χ0v) is 29.8. The summed E-state index contributed by atoms with van der Waals surface area (Å²) in [6.07, 6.45) is 9.09. The number of aromatic nitrogens is 2. The Hall–Kier alpha value is -3.35. The van der Waals surface area contributed by atoms with Crippen LogP contribution in [0, 0.1) is 0 Å². The number of carbonyl (C=O) groups excluding carboxylic acids is 2. The zero-order chi connectivity index (χ0) is 34.0. The van der Waals surface area contributed by atoms with Gasteiger partial charge in [0.2, 0.25) is 15.9 Å². The Balaban J connectivity index is 1.35. The molecule has 0 saturated heterocycles. The van der Waals surface area contributed by atoms with Gasteiger partial charge in [-0.05, 0) is 110 Å². The van der Waals surface area contributed by atoms with E-state index < -0.39 is 15.6 Å². The summed E-state index contributed by atoms with van der Waals surface area (Å²) in [7, 11) is -3.96. The number of nitrogens with zero attached hydrogens (tertiary/aromatic N) is 2. The lowest BCUT2D eigenvalue weighted by Crippen LogP contribution is -2.58. The second-order valence-electron chi connectivity index (χ2n) is 14.5. The topological polar surface area (TPSA) is 139 Å². The van der Waals surface area contributed by atoms with E-state index in [-0.39, 0.29) is 46.3 Å². The SMILES string of the molecule is CC(C)OC(=O)NC12CCC(c3ncc(-c4ccc(NC(=O)CC[C@@H](C)c5ccccn5)cc4S(=O)(=O)NC(C)(C)C)s3)(CC1)CC2. The van der Waals surface area contributed by atoms with Crippen LogP contribution in [0.15, 0.2) is 53.7 Å². The molecule has 254 valence electrons. The smallest absolute Gasteiger partial charge is 0.407 e. The quantitative estimate of drug-likeness (QED) is 0.193. The monoisotopic (exact) mass is 681 g/mol. The number of ether oxygens (including phenoxy) is 1. The minimum atomic E-state index is -3.96. The van der Waals surface area contributed by atoms with E-state index in [1.807, 2.05) is 39.0 Å². The van der Waals surface area contributed by atoms with Crippen molar-refractivity contribution in [3.8, 4) is 10.4 Å². The van der Waals surface area contributed by atoms with Crippen LogP contribution in [0.5, 0.6) is 0 Å². The van der Waals surface area contributed by atoms with Gasteiger partial charge in [-0.15, -0.1) is 11.3 Å². The largest absolute Gasteiger partial charge is 0.447 e. The summed E-state index contributed by atoms with van der Waals surface area (Å²) in [5, 5.41) is 7.05. The highest BCUT2D eigenvalue weighted by atomic mass is 32.2. The first kappa shape index (κ1) is 35.0. The van der Waals surface area contributed by atoms with Crippen LogP contribution < -0.4 is 15.4 Å². The van der Waals surface area contributed by atoms with Crippen molar-refractivity contribution < 1.29 is 22.7 Å². The molecule has 0 spiro atoms. The van der Waals surface area contributed by atoms with Gasteiger partial charge in [-0.25, -0.2) is 22.9 Å². The van der Waals surface area contributed by atoms with Crippen molar-refractivity contribution in [2.75, 3.05) is 5.32 Å². The van der Waals surface area contributed by atoms with Gasteiger partial charge in [0, 0.05) is 52.3 Å². The standard InChI is InChI=1S/C35H47N5O5S2/c1-23(2)45-32(42)39-35-17-14-34(15-18-35,16-19-35)31-37-22-28(46-31)26-12-11-25(21-29(26)47(43,44)40-33(4,5)6)38-30(41)13-10-24(3)27-9-7-8-20-36-27/h7-9,11-12,20-24,40H,10,13-19H2,1-6H3,(H,38,41)(H,39,42)/t24-,34?,35?/m1/s1. The predicted molar refractivity (Wildman–Crippen MR) is 185 cm³/mol. The fourth-order valence-electron chi connectivity index (χ4n) is 6.67. The van der Waals surface area contributed by atoms with E-state index in [4.69, 9.17) is 9.72 Å². The van der Waals surface area contributed by atoms with Crippen molar-refractivity contribution in [1.82, 2.24) is 20.0 Å². The lowest BCUT2D eigenvalue weighted by molar-refractivity contribution is -0.116. The van der Waals surface area contributed by atoms with Crippen LogP contribution >= 0.6 is 11.3 Å². The van der Waals surface area contributed by atoms with Gasteiger partial charge in [-0.2, -0.15) is 0 Å². The molecule has 3 aromatic rings. The Bertz CT molecular complexity index is 1670. The molecular formula is C35H47N5O5S2. The third-order valence-corrected chi connectivity index (χ3v) is 12.2. The molecule has 2 aromatic heterocycles. The first-order valence-corrected chi connectivity index (χ1v) is 18.7. The Kier molecular flexibility index (Phi) is 10.1. The number of nitrogens with one attached hydrogen (secondary N) is 3. The molecule has 3 aliphatic rings. The molecule has 2 heterocycles. The highest BCUT2D eigenvalue weighted by molar-refractivity contribution is 7.89. The van der Waals surface area contributed by atoms with E-state index in [1.54, 1.807) is 51.4 Å².